The van der Waals surface area contributed by atoms with Crippen molar-refractivity contribution in [3.05, 3.63) is 71.8 Å². The van der Waals surface area contributed by atoms with Gasteiger partial charge in [0.05, 0.1) is 13.2 Å². The largest absolute Gasteiger partial charge is 0.467 e. The molecule has 0 spiro atoms. The van der Waals surface area contributed by atoms with Crippen LogP contribution in [0.25, 0.3) is 0 Å². The summed E-state index contributed by atoms with van der Waals surface area (Å²) in [5.41, 5.74) is 0.315. The molecule has 1 saturated heterocycles. The lowest BCUT2D eigenvalue weighted by molar-refractivity contribution is -0.150. The normalized spacial score (nSPS) is 21.8. The Labute approximate surface area is 193 Å². The van der Waals surface area contributed by atoms with Crippen molar-refractivity contribution < 1.29 is 29.3 Å². The van der Waals surface area contributed by atoms with E-state index in [2.05, 4.69) is 5.32 Å². The third-order valence-corrected chi connectivity index (χ3v) is 6.35. The molecule has 2 aromatic rings. The van der Waals surface area contributed by atoms with Gasteiger partial charge in [-0.1, -0.05) is 60.7 Å². The molecule has 1 aliphatic heterocycles. The predicted octanol–water partition coefficient (Wildman–Crippen LogP) is 2.25. The first-order valence-electron chi connectivity index (χ1n) is 10.9. The minimum atomic E-state index is -1.47. The maximum absolute atomic E-state index is 13.9. The van der Waals surface area contributed by atoms with Gasteiger partial charge in [0.1, 0.15) is 5.54 Å². The molecule has 1 aliphatic rings. The lowest BCUT2D eigenvalue weighted by atomic mass is 9.75. The van der Waals surface area contributed by atoms with E-state index in [0.717, 1.165) is 11.1 Å². The number of methoxy groups -OCH3 is 1. The number of amides is 2. The number of likely N-dealkylation sites (tertiary alicyclic amines) is 1. The van der Waals surface area contributed by atoms with E-state index in [1.165, 1.54) is 18.9 Å². The van der Waals surface area contributed by atoms with Gasteiger partial charge in [-0.25, -0.2) is 9.59 Å². The Morgan fingerprint density at radius 1 is 1.09 bits per heavy atom. The Morgan fingerprint density at radius 2 is 1.67 bits per heavy atom. The van der Waals surface area contributed by atoms with Crippen molar-refractivity contribution in [3.8, 4) is 0 Å². The zero-order valence-corrected chi connectivity index (χ0v) is 18.8. The van der Waals surface area contributed by atoms with Crippen LogP contribution in [0.1, 0.15) is 24.5 Å². The molecule has 0 aliphatic carbocycles. The fourth-order valence-corrected chi connectivity index (χ4v) is 4.68. The predicted molar refractivity (Wildman–Crippen MR) is 121 cm³/mol. The molecule has 0 aromatic heterocycles. The fourth-order valence-electron chi connectivity index (χ4n) is 4.68. The number of aliphatic hydroxyl groups is 1. The third kappa shape index (κ3) is 5.17. The molecule has 2 unspecified atom stereocenters. The van der Waals surface area contributed by atoms with Crippen molar-refractivity contribution in [2.75, 3.05) is 13.7 Å². The molecule has 8 nitrogen and oxygen atoms in total. The summed E-state index contributed by atoms with van der Waals surface area (Å²) in [5.74, 6) is -1.76. The van der Waals surface area contributed by atoms with Gasteiger partial charge < -0.3 is 20.3 Å². The van der Waals surface area contributed by atoms with Crippen LogP contribution in [0.5, 0.6) is 0 Å². The van der Waals surface area contributed by atoms with E-state index in [0.29, 0.717) is 12.8 Å². The number of esters is 1. The van der Waals surface area contributed by atoms with Gasteiger partial charge in [0.15, 0.2) is 6.04 Å². The Morgan fingerprint density at radius 3 is 2.18 bits per heavy atom. The molecule has 2 aromatic carbocycles. The summed E-state index contributed by atoms with van der Waals surface area (Å²) < 4.78 is 4.74. The number of nitrogens with zero attached hydrogens (tertiary/aromatic N) is 1. The number of hydrogen-bond acceptors (Lipinski definition) is 5. The minimum Gasteiger partial charge on any atom is -0.467 e. The Bertz CT molecular complexity index is 965. The number of aliphatic hydroxyl groups excluding tert-OH is 1. The fraction of sp³-hybridized carbons (Fsp3) is 0.400. The van der Waals surface area contributed by atoms with Gasteiger partial charge in [0.2, 0.25) is 5.91 Å². The minimum absolute atomic E-state index is 0.136. The number of carbonyl (C=O) groups excluding carboxylic acids is 2. The van der Waals surface area contributed by atoms with Crippen molar-refractivity contribution in [2.45, 2.75) is 43.9 Å². The van der Waals surface area contributed by atoms with Crippen LogP contribution in [0, 0.1) is 5.92 Å². The van der Waals surface area contributed by atoms with Gasteiger partial charge in [-0.15, -0.1) is 0 Å². The van der Waals surface area contributed by atoms with Crippen molar-refractivity contribution in [2.24, 2.45) is 5.92 Å². The molecule has 0 bridgehead atoms. The van der Waals surface area contributed by atoms with Crippen LogP contribution in [-0.2, 0) is 27.2 Å². The molecule has 176 valence electrons. The van der Waals surface area contributed by atoms with Gasteiger partial charge in [0.25, 0.3) is 0 Å². The van der Waals surface area contributed by atoms with Crippen molar-refractivity contribution in [3.63, 3.8) is 0 Å². The summed E-state index contributed by atoms with van der Waals surface area (Å²) in [4.78, 5) is 39.6. The maximum atomic E-state index is 13.9. The van der Waals surface area contributed by atoms with Gasteiger partial charge in [-0.3, -0.25) is 9.69 Å². The summed E-state index contributed by atoms with van der Waals surface area (Å²) in [6.07, 6.45) is -1.32. The van der Waals surface area contributed by atoms with E-state index in [-0.39, 0.29) is 18.9 Å². The summed E-state index contributed by atoms with van der Waals surface area (Å²) in [6, 6.07) is 17.5. The SMILES string of the molecule is COC(=O)[C@@H](NC(=O)C1(Cc2ccccc2)C(Cc2ccccc2)CCN1C(=O)O)[C@@H](C)O. The second kappa shape index (κ2) is 10.5. The topological polar surface area (TPSA) is 116 Å². The summed E-state index contributed by atoms with van der Waals surface area (Å²) in [7, 11) is 1.17. The Hall–Kier alpha value is -3.39. The highest BCUT2D eigenvalue weighted by atomic mass is 16.5. The van der Waals surface area contributed by atoms with Crippen molar-refractivity contribution >= 4 is 18.0 Å². The molecule has 1 fully saturated rings. The molecule has 0 radical (unpaired) electrons. The van der Waals surface area contributed by atoms with E-state index in [1.807, 2.05) is 60.7 Å². The van der Waals surface area contributed by atoms with Gasteiger partial charge >= 0.3 is 12.1 Å². The van der Waals surface area contributed by atoms with Crippen molar-refractivity contribution in [1.82, 2.24) is 10.2 Å². The number of carbonyl (C=O) groups is 3. The monoisotopic (exact) mass is 454 g/mol. The van der Waals surface area contributed by atoms with Crippen LogP contribution in [0.3, 0.4) is 0 Å². The number of carboxylic acid groups (broad SMARTS) is 1. The number of rotatable bonds is 8. The standard InChI is InChI=1S/C25H30N2O6/c1-17(28)21(22(29)33-2)26-23(30)25(16-19-11-7-4-8-12-19)20(13-14-27(25)24(31)32)15-18-9-5-3-6-10-18/h3-12,17,20-21,28H,13-16H2,1-2H3,(H,26,30)(H,31,32)/t17-,20?,21+,25?/m1/s1. The van der Waals surface area contributed by atoms with Crippen LogP contribution in [0.2, 0.25) is 0 Å². The molecule has 4 atom stereocenters. The van der Waals surface area contributed by atoms with Gasteiger partial charge in [-0.2, -0.15) is 0 Å². The first-order valence-corrected chi connectivity index (χ1v) is 10.9. The highest BCUT2D eigenvalue weighted by Crippen LogP contribution is 2.40. The van der Waals surface area contributed by atoms with E-state index >= 15 is 0 Å². The number of hydrogen-bond donors (Lipinski definition) is 3. The second-order valence-corrected chi connectivity index (χ2v) is 8.41. The highest BCUT2D eigenvalue weighted by Gasteiger charge is 2.56. The zero-order chi connectivity index (χ0) is 24.0. The average Bonchev–Trinajstić information content (AvgIpc) is 3.16. The lowest BCUT2D eigenvalue weighted by Crippen LogP contribution is -2.65. The molecule has 2 amide bonds. The highest BCUT2D eigenvalue weighted by molar-refractivity contribution is 5.94. The van der Waals surface area contributed by atoms with Gasteiger partial charge in [-0.05, 0) is 36.8 Å². The van der Waals surface area contributed by atoms with E-state index < -0.39 is 35.7 Å². The van der Waals surface area contributed by atoms with E-state index in [9.17, 15) is 24.6 Å². The van der Waals surface area contributed by atoms with E-state index in [4.69, 9.17) is 4.74 Å². The third-order valence-electron chi connectivity index (χ3n) is 6.35. The first-order chi connectivity index (χ1) is 15.8. The van der Waals surface area contributed by atoms with Crippen molar-refractivity contribution in [1.29, 1.82) is 0 Å². The zero-order valence-electron chi connectivity index (χ0n) is 18.8. The molecule has 8 heteroatoms. The van der Waals surface area contributed by atoms with E-state index in [1.54, 1.807) is 0 Å². The van der Waals surface area contributed by atoms with Crippen LogP contribution in [-0.4, -0.2) is 64.4 Å². The number of nitrogens with one attached hydrogen (secondary N) is 1. The Kier molecular flexibility index (Phi) is 7.71. The molecule has 3 N–H and O–H groups in total. The maximum Gasteiger partial charge on any atom is 0.408 e. The smallest absolute Gasteiger partial charge is 0.408 e. The van der Waals surface area contributed by atoms with Crippen LogP contribution in [0.15, 0.2) is 60.7 Å². The molecular weight excluding hydrogens is 424 g/mol. The molecule has 33 heavy (non-hydrogen) atoms. The molecule has 3 rings (SSSR count). The quantitative estimate of drug-likeness (QED) is 0.527. The molecular formula is C25H30N2O6. The summed E-state index contributed by atoms with van der Waals surface area (Å²) >= 11 is 0. The Balaban J connectivity index is 2.07. The average molecular weight is 455 g/mol. The van der Waals surface area contributed by atoms with Crippen LogP contribution >= 0.6 is 0 Å². The second-order valence-electron chi connectivity index (χ2n) is 8.41. The lowest BCUT2D eigenvalue weighted by Gasteiger charge is -2.41. The van der Waals surface area contributed by atoms with Crippen LogP contribution in [0.4, 0.5) is 4.79 Å². The summed E-state index contributed by atoms with van der Waals surface area (Å²) in [6.45, 7) is 1.56. The van der Waals surface area contributed by atoms with Crippen LogP contribution < -0.4 is 5.32 Å². The molecule has 1 heterocycles. The first kappa shape index (κ1) is 24.3. The summed E-state index contributed by atoms with van der Waals surface area (Å²) in [5, 5.41) is 22.8. The number of ether oxygens (including phenoxy) is 1. The molecule has 0 saturated carbocycles. The van der Waals surface area contributed by atoms with Gasteiger partial charge in [0, 0.05) is 13.0 Å². The number of benzene rings is 2.